The summed E-state index contributed by atoms with van der Waals surface area (Å²) in [6, 6.07) is 8.86. The lowest BCUT2D eigenvalue weighted by Gasteiger charge is -2.22. The number of aromatic nitrogens is 1. The van der Waals surface area contributed by atoms with Crippen molar-refractivity contribution in [1.29, 1.82) is 0 Å². The third-order valence-electron chi connectivity index (χ3n) is 4.59. The molecule has 0 amide bonds. The summed E-state index contributed by atoms with van der Waals surface area (Å²) in [7, 11) is 0. The summed E-state index contributed by atoms with van der Waals surface area (Å²) in [6.45, 7) is 0.660. The molecule has 0 bridgehead atoms. The van der Waals surface area contributed by atoms with Crippen molar-refractivity contribution >= 4 is 11.3 Å². The molecule has 3 heteroatoms. The molecule has 0 spiro atoms. The first kappa shape index (κ1) is 12.5. The minimum Gasteiger partial charge on any atom is -0.326 e. The van der Waals surface area contributed by atoms with E-state index in [2.05, 4.69) is 24.3 Å². The van der Waals surface area contributed by atoms with Crippen LogP contribution in [0.15, 0.2) is 24.3 Å². The van der Waals surface area contributed by atoms with Gasteiger partial charge in [-0.2, -0.15) is 0 Å². The van der Waals surface area contributed by atoms with Crippen LogP contribution in [0.3, 0.4) is 0 Å². The van der Waals surface area contributed by atoms with Gasteiger partial charge in [0.1, 0.15) is 0 Å². The van der Waals surface area contributed by atoms with Crippen LogP contribution in [0.25, 0.3) is 0 Å². The van der Waals surface area contributed by atoms with Gasteiger partial charge in [-0.3, -0.25) is 0 Å². The molecule has 2 aliphatic carbocycles. The van der Waals surface area contributed by atoms with Gasteiger partial charge in [-0.15, -0.1) is 11.3 Å². The molecule has 0 aliphatic heterocycles. The first-order chi connectivity index (χ1) is 9.85. The molecule has 1 fully saturated rings. The van der Waals surface area contributed by atoms with Gasteiger partial charge in [0, 0.05) is 23.3 Å². The lowest BCUT2D eigenvalue weighted by molar-refractivity contribution is 0.580. The Morgan fingerprint density at radius 1 is 1.10 bits per heavy atom. The second kappa shape index (κ2) is 4.97. The van der Waals surface area contributed by atoms with Gasteiger partial charge < -0.3 is 5.73 Å². The maximum atomic E-state index is 5.91. The number of hydrogen-bond donors (Lipinski definition) is 1. The zero-order chi connectivity index (χ0) is 13.5. The first-order valence-corrected chi connectivity index (χ1v) is 8.43. The molecule has 104 valence electrons. The molecular weight excluding hydrogens is 264 g/mol. The average Bonchev–Trinajstić information content (AvgIpc) is 3.26. The summed E-state index contributed by atoms with van der Waals surface area (Å²) in [5.74, 6) is 1.32. The predicted molar refractivity (Wildman–Crippen MR) is 83.2 cm³/mol. The van der Waals surface area contributed by atoms with Crippen molar-refractivity contribution in [2.45, 2.75) is 50.5 Å². The normalized spacial score (nSPS) is 21.8. The van der Waals surface area contributed by atoms with E-state index in [0.29, 0.717) is 12.5 Å². The highest BCUT2D eigenvalue weighted by atomic mass is 32.1. The molecule has 2 aromatic rings. The minimum atomic E-state index is 0.604. The fraction of sp³-hybridized carbons (Fsp3) is 0.471. The lowest BCUT2D eigenvalue weighted by atomic mass is 9.84. The maximum absolute atomic E-state index is 5.91. The summed E-state index contributed by atoms with van der Waals surface area (Å²) >= 11 is 1.87. The van der Waals surface area contributed by atoms with Gasteiger partial charge in [0.15, 0.2) is 0 Å². The zero-order valence-electron chi connectivity index (χ0n) is 11.6. The number of rotatable bonds is 3. The predicted octanol–water partition coefficient (Wildman–Crippen LogP) is 3.75. The van der Waals surface area contributed by atoms with Crippen LogP contribution < -0.4 is 5.73 Å². The van der Waals surface area contributed by atoms with Crippen LogP contribution in [-0.4, -0.2) is 4.98 Å². The van der Waals surface area contributed by atoms with Gasteiger partial charge in [-0.25, -0.2) is 4.98 Å². The molecule has 0 saturated heterocycles. The number of hydrogen-bond acceptors (Lipinski definition) is 3. The Labute approximate surface area is 124 Å². The van der Waals surface area contributed by atoms with E-state index < -0.39 is 0 Å². The Hall–Kier alpha value is -1.19. The van der Waals surface area contributed by atoms with Crippen molar-refractivity contribution in [3.05, 3.63) is 51.0 Å². The third kappa shape index (κ3) is 2.19. The van der Waals surface area contributed by atoms with Crippen molar-refractivity contribution in [3.8, 4) is 0 Å². The summed E-state index contributed by atoms with van der Waals surface area (Å²) in [4.78, 5) is 6.31. The van der Waals surface area contributed by atoms with Crippen molar-refractivity contribution in [1.82, 2.24) is 4.98 Å². The largest absolute Gasteiger partial charge is 0.326 e. The Balaban J connectivity index is 1.62. The van der Waals surface area contributed by atoms with Crippen molar-refractivity contribution < 1.29 is 0 Å². The van der Waals surface area contributed by atoms with Gasteiger partial charge in [-0.1, -0.05) is 24.3 Å². The van der Waals surface area contributed by atoms with Gasteiger partial charge in [0.25, 0.3) is 0 Å². The van der Waals surface area contributed by atoms with Crippen LogP contribution in [0.2, 0.25) is 0 Å². The van der Waals surface area contributed by atoms with Crippen molar-refractivity contribution in [3.63, 3.8) is 0 Å². The van der Waals surface area contributed by atoms with E-state index in [0.717, 1.165) is 12.3 Å². The van der Waals surface area contributed by atoms with Crippen LogP contribution in [0.5, 0.6) is 0 Å². The number of fused-ring (bicyclic) bond motifs is 1. The molecule has 1 atom stereocenters. The summed E-state index contributed by atoms with van der Waals surface area (Å²) < 4.78 is 0. The third-order valence-corrected chi connectivity index (χ3v) is 5.85. The molecule has 1 unspecified atom stereocenters. The molecule has 1 aromatic carbocycles. The molecule has 2 N–H and O–H groups in total. The van der Waals surface area contributed by atoms with E-state index in [-0.39, 0.29) is 0 Å². The van der Waals surface area contributed by atoms with E-state index in [1.165, 1.54) is 52.4 Å². The quantitative estimate of drug-likeness (QED) is 0.932. The maximum Gasteiger partial charge on any atom is 0.0966 e. The number of thiazole rings is 1. The monoisotopic (exact) mass is 284 g/mol. The highest BCUT2D eigenvalue weighted by Gasteiger charge is 2.31. The second-order valence-electron chi connectivity index (χ2n) is 6.05. The average molecular weight is 284 g/mol. The number of benzene rings is 1. The molecule has 20 heavy (non-hydrogen) atoms. The molecule has 2 aliphatic rings. The van der Waals surface area contributed by atoms with E-state index in [1.807, 2.05) is 11.3 Å². The zero-order valence-corrected chi connectivity index (χ0v) is 12.5. The Morgan fingerprint density at radius 2 is 1.90 bits per heavy atom. The van der Waals surface area contributed by atoms with Crippen LogP contribution in [0, 0.1) is 0 Å². The molecule has 2 nitrogen and oxygen atoms in total. The first-order valence-electron chi connectivity index (χ1n) is 7.61. The highest BCUT2D eigenvalue weighted by Crippen LogP contribution is 2.44. The van der Waals surface area contributed by atoms with E-state index in [4.69, 9.17) is 10.7 Å². The smallest absolute Gasteiger partial charge is 0.0966 e. The van der Waals surface area contributed by atoms with Crippen molar-refractivity contribution in [2.75, 3.05) is 0 Å². The number of nitrogens with zero attached hydrogens (tertiary/aromatic N) is 1. The highest BCUT2D eigenvalue weighted by molar-refractivity contribution is 7.11. The molecular formula is C17H20N2S. The van der Waals surface area contributed by atoms with Gasteiger partial charge >= 0.3 is 0 Å². The topological polar surface area (TPSA) is 38.9 Å². The second-order valence-corrected chi connectivity index (χ2v) is 7.16. The van der Waals surface area contributed by atoms with Gasteiger partial charge in [0.2, 0.25) is 0 Å². The standard InChI is InChI=1S/C17H20N2S/c18-10-15-16(12-6-7-12)19-17(20-15)14-8-5-11-3-1-2-4-13(11)9-14/h1-4,12,14H,5-10,18H2. The fourth-order valence-corrected chi connectivity index (χ4v) is 4.45. The van der Waals surface area contributed by atoms with Crippen LogP contribution in [0.1, 0.15) is 57.8 Å². The summed E-state index contributed by atoms with van der Waals surface area (Å²) in [6.07, 6.45) is 6.20. The minimum absolute atomic E-state index is 0.604. The fourth-order valence-electron chi connectivity index (χ4n) is 3.29. The Morgan fingerprint density at radius 3 is 2.65 bits per heavy atom. The van der Waals surface area contributed by atoms with E-state index in [1.54, 1.807) is 0 Å². The molecule has 1 aromatic heterocycles. The molecule has 1 saturated carbocycles. The van der Waals surface area contributed by atoms with Crippen LogP contribution >= 0.6 is 11.3 Å². The van der Waals surface area contributed by atoms with Crippen LogP contribution in [-0.2, 0) is 19.4 Å². The van der Waals surface area contributed by atoms with Gasteiger partial charge in [-0.05, 0) is 43.2 Å². The summed E-state index contributed by atoms with van der Waals surface area (Å²) in [5.41, 5.74) is 10.3. The van der Waals surface area contributed by atoms with E-state index >= 15 is 0 Å². The molecule has 1 heterocycles. The Bertz CT molecular complexity index is 628. The SMILES string of the molecule is NCc1sc(C2CCc3ccccc3C2)nc1C1CC1. The number of nitrogens with two attached hydrogens (primary N) is 1. The molecule has 4 rings (SSSR count). The lowest BCUT2D eigenvalue weighted by Crippen LogP contribution is -2.12. The van der Waals surface area contributed by atoms with Crippen LogP contribution in [0.4, 0.5) is 0 Å². The number of aryl methyl sites for hydroxylation is 1. The Kier molecular flexibility index (Phi) is 3.12. The van der Waals surface area contributed by atoms with Crippen molar-refractivity contribution in [2.24, 2.45) is 5.73 Å². The van der Waals surface area contributed by atoms with Gasteiger partial charge in [0.05, 0.1) is 10.7 Å². The van der Waals surface area contributed by atoms with E-state index in [9.17, 15) is 0 Å². The molecule has 0 radical (unpaired) electrons. The summed E-state index contributed by atoms with van der Waals surface area (Å²) in [5, 5.41) is 1.34.